The van der Waals surface area contributed by atoms with Gasteiger partial charge >= 0.3 is 0 Å². The van der Waals surface area contributed by atoms with Gasteiger partial charge in [-0.3, -0.25) is 4.79 Å². The highest BCUT2D eigenvalue weighted by molar-refractivity contribution is 6.30. The number of fused-ring (bicyclic) bond motifs is 1. The molecule has 4 nitrogen and oxygen atoms in total. The first kappa shape index (κ1) is 17.6. The summed E-state index contributed by atoms with van der Waals surface area (Å²) in [5.41, 5.74) is 2.84. The number of halogens is 1. The Hall–Kier alpha value is -2.20. The van der Waals surface area contributed by atoms with Crippen molar-refractivity contribution in [2.75, 3.05) is 0 Å². The number of allylic oxidation sites excluding steroid dienone is 3. The second-order valence-corrected chi connectivity index (χ2v) is 7.96. The molecule has 2 atom stereocenters. The highest BCUT2D eigenvalue weighted by Crippen LogP contribution is 2.32. The van der Waals surface area contributed by atoms with Crippen molar-refractivity contribution in [2.24, 2.45) is 5.41 Å². The smallest absolute Gasteiger partial charge is 0.264 e. The average Bonchev–Trinajstić information content (AvgIpc) is 2.93. The maximum absolute atomic E-state index is 12.9. The van der Waals surface area contributed by atoms with Gasteiger partial charge in [0.05, 0.1) is 11.4 Å². The monoisotopic (exact) mass is 357 g/mol. The normalized spacial score (nSPS) is 20.4. The Morgan fingerprint density at radius 1 is 1.32 bits per heavy atom. The summed E-state index contributed by atoms with van der Waals surface area (Å²) in [5, 5.41) is 7.16. The van der Waals surface area contributed by atoms with E-state index >= 15 is 0 Å². The molecule has 0 fully saturated rings. The molecule has 2 aliphatic rings. The Morgan fingerprint density at radius 2 is 2.08 bits per heavy atom. The van der Waals surface area contributed by atoms with Crippen LogP contribution in [0.2, 0.25) is 5.02 Å². The highest BCUT2D eigenvalue weighted by atomic mass is 35.5. The first-order valence-corrected chi connectivity index (χ1v) is 8.85. The molecule has 0 saturated heterocycles. The zero-order valence-corrected chi connectivity index (χ0v) is 15.8. The number of nitrogens with one attached hydrogen (secondary N) is 2. The van der Waals surface area contributed by atoms with E-state index in [9.17, 15) is 4.79 Å². The van der Waals surface area contributed by atoms with E-state index in [1.165, 1.54) is 0 Å². The third-order valence-electron chi connectivity index (χ3n) is 4.72. The number of hydrogen-bond acceptors (Lipinski definition) is 3. The summed E-state index contributed by atoms with van der Waals surface area (Å²) in [6.07, 6.45) is 7.35. The van der Waals surface area contributed by atoms with Crippen molar-refractivity contribution in [1.29, 1.82) is 0 Å². The third-order valence-corrected chi connectivity index (χ3v) is 4.96. The lowest BCUT2D eigenvalue weighted by molar-refractivity contribution is -0.126. The van der Waals surface area contributed by atoms with E-state index in [0.29, 0.717) is 5.02 Å². The molecule has 25 heavy (non-hydrogen) atoms. The van der Waals surface area contributed by atoms with Gasteiger partial charge in [-0.1, -0.05) is 50.6 Å². The fourth-order valence-corrected chi connectivity index (χ4v) is 2.94. The largest absolute Gasteiger partial charge is 0.355 e. The van der Waals surface area contributed by atoms with E-state index in [1.54, 1.807) is 0 Å². The van der Waals surface area contributed by atoms with Gasteiger partial charge in [-0.2, -0.15) is 0 Å². The molecule has 0 aliphatic carbocycles. The Morgan fingerprint density at radius 3 is 2.76 bits per heavy atom. The number of carbonyl (C=O) groups is 1. The summed E-state index contributed by atoms with van der Waals surface area (Å²) in [6.45, 7) is 8.38. The Balaban J connectivity index is 1.87. The molecular formula is C20H24ClN3O. The van der Waals surface area contributed by atoms with Gasteiger partial charge in [-0.25, -0.2) is 0 Å². The van der Waals surface area contributed by atoms with Crippen molar-refractivity contribution >= 4 is 23.2 Å². The topological polar surface area (TPSA) is 44.4 Å². The lowest BCUT2D eigenvalue weighted by Gasteiger charge is -2.31. The molecule has 1 amide bonds. The van der Waals surface area contributed by atoms with Crippen molar-refractivity contribution in [1.82, 2.24) is 15.5 Å². The number of nitrogens with zero attached hydrogens (tertiary/aromatic N) is 1. The number of rotatable bonds is 3. The molecule has 2 unspecified atom stereocenters. The molecule has 1 aromatic rings. The van der Waals surface area contributed by atoms with Crippen molar-refractivity contribution < 1.29 is 4.79 Å². The van der Waals surface area contributed by atoms with Gasteiger partial charge in [0.25, 0.3) is 5.91 Å². The van der Waals surface area contributed by atoms with E-state index in [-0.39, 0.29) is 17.4 Å². The minimum Gasteiger partial charge on any atom is -0.355 e. The molecule has 5 heteroatoms. The summed E-state index contributed by atoms with van der Waals surface area (Å²) < 4.78 is 0. The minimum absolute atomic E-state index is 0.00204. The second kappa shape index (κ2) is 6.60. The fourth-order valence-electron chi connectivity index (χ4n) is 2.75. The second-order valence-electron chi connectivity index (χ2n) is 7.52. The van der Waals surface area contributed by atoms with Gasteiger partial charge in [0, 0.05) is 22.8 Å². The van der Waals surface area contributed by atoms with Gasteiger partial charge in [0.1, 0.15) is 0 Å². The van der Waals surface area contributed by atoms with Crippen LogP contribution in [0.1, 0.15) is 33.3 Å². The molecule has 132 valence electrons. The van der Waals surface area contributed by atoms with Gasteiger partial charge in [-0.05, 0) is 36.6 Å². The van der Waals surface area contributed by atoms with Crippen LogP contribution in [0.3, 0.4) is 0 Å². The first-order valence-electron chi connectivity index (χ1n) is 8.48. The quantitative estimate of drug-likeness (QED) is 0.863. The van der Waals surface area contributed by atoms with Crippen molar-refractivity contribution in [3.05, 3.63) is 65.0 Å². The van der Waals surface area contributed by atoms with E-state index in [2.05, 4.69) is 31.4 Å². The standard InChI is InChI=1S/C20H24ClN3O/c1-13(20(2,3)4)22-19(25)18-23-17(14-8-7-9-15(21)12-14)16-10-5-6-11-24(16)18/h5-13,18,23H,1-4H3,(H,22,25). The van der Waals surface area contributed by atoms with Gasteiger partial charge in [0.2, 0.25) is 0 Å². The van der Waals surface area contributed by atoms with Crippen LogP contribution < -0.4 is 10.6 Å². The number of amides is 1. The number of hydrogen-bond donors (Lipinski definition) is 2. The molecule has 2 heterocycles. The van der Waals surface area contributed by atoms with E-state index in [1.807, 2.05) is 60.5 Å². The Kier molecular flexibility index (Phi) is 4.65. The SMILES string of the molecule is CC(NC(=O)C1NC(c2cccc(Cl)c2)=C2C=CC=CN21)C(C)(C)C. The molecular weight excluding hydrogens is 334 g/mol. The maximum Gasteiger partial charge on any atom is 0.264 e. The predicted molar refractivity (Wildman–Crippen MR) is 102 cm³/mol. The third kappa shape index (κ3) is 3.59. The van der Waals surface area contributed by atoms with Gasteiger partial charge < -0.3 is 15.5 Å². The predicted octanol–water partition coefficient (Wildman–Crippen LogP) is 3.87. The zero-order valence-electron chi connectivity index (χ0n) is 15.0. The summed E-state index contributed by atoms with van der Waals surface area (Å²) in [5.74, 6) is -0.0445. The average molecular weight is 358 g/mol. The van der Waals surface area contributed by atoms with Gasteiger partial charge in [0.15, 0.2) is 6.17 Å². The molecule has 2 aliphatic heterocycles. The van der Waals surface area contributed by atoms with Crippen LogP contribution in [0.25, 0.3) is 5.70 Å². The molecule has 0 aromatic heterocycles. The van der Waals surface area contributed by atoms with Gasteiger partial charge in [-0.15, -0.1) is 0 Å². The molecule has 3 rings (SSSR count). The Bertz CT molecular complexity index is 773. The van der Waals surface area contributed by atoms with Crippen molar-refractivity contribution in [3.8, 4) is 0 Å². The van der Waals surface area contributed by atoms with E-state index < -0.39 is 6.17 Å². The van der Waals surface area contributed by atoms with Crippen molar-refractivity contribution in [3.63, 3.8) is 0 Å². The number of benzene rings is 1. The summed E-state index contributed by atoms with van der Waals surface area (Å²) in [6, 6.07) is 7.71. The van der Waals surface area contributed by atoms with Crippen LogP contribution in [0.15, 0.2) is 54.4 Å². The molecule has 0 spiro atoms. The van der Waals surface area contributed by atoms with Crippen LogP contribution in [-0.4, -0.2) is 23.0 Å². The highest BCUT2D eigenvalue weighted by Gasteiger charge is 2.36. The molecule has 2 N–H and O–H groups in total. The minimum atomic E-state index is -0.477. The summed E-state index contributed by atoms with van der Waals surface area (Å²) in [7, 11) is 0. The van der Waals surface area contributed by atoms with Crippen LogP contribution in [0, 0.1) is 5.41 Å². The van der Waals surface area contributed by atoms with Crippen molar-refractivity contribution in [2.45, 2.75) is 39.9 Å². The maximum atomic E-state index is 12.9. The van der Waals surface area contributed by atoms with E-state index in [4.69, 9.17) is 11.6 Å². The zero-order chi connectivity index (χ0) is 18.2. The lowest BCUT2D eigenvalue weighted by atomic mass is 9.88. The molecule has 0 radical (unpaired) electrons. The summed E-state index contributed by atoms with van der Waals surface area (Å²) in [4.78, 5) is 14.8. The number of carbonyl (C=O) groups excluding carboxylic acids is 1. The molecule has 1 aromatic carbocycles. The Labute approximate surface area is 154 Å². The summed E-state index contributed by atoms with van der Waals surface area (Å²) >= 11 is 6.14. The van der Waals surface area contributed by atoms with Crippen LogP contribution in [-0.2, 0) is 4.79 Å². The van der Waals surface area contributed by atoms with Crippen LogP contribution in [0.5, 0.6) is 0 Å². The first-order chi connectivity index (χ1) is 11.8. The molecule has 0 bridgehead atoms. The lowest BCUT2D eigenvalue weighted by Crippen LogP contribution is -2.52. The van der Waals surface area contributed by atoms with Crippen LogP contribution >= 0.6 is 11.6 Å². The molecule has 0 saturated carbocycles. The fraction of sp³-hybridized carbons (Fsp3) is 0.350. The van der Waals surface area contributed by atoms with E-state index in [0.717, 1.165) is 17.0 Å². The van der Waals surface area contributed by atoms with Crippen LogP contribution in [0.4, 0.5) is 0 Å².